The molecule has 0 radical (unpaired) electrons. The highest BCUT2D eigenvalue weighted by Crippen LogP contribution is 2.14. The van der Waals surface area contributed by atoms with E-state index in [9.17, 15) is 4.79 Å². The first-order valence-electron chi connectivity index (χ1n) is 9.83. The SMILES string of the molecule is Cc1ccc(CCC(=O)N(CCN(C)C)Cc2nc[nH]c2C)c(C)c1.O=CO.O=CO. The van der Waals surface area contributed by atoms with Gasteiger partial charge in [-0.2, -0.15) is 0 Å². The van der Waals surface area contributed by atoms with Crippen LogP contribution in [0.2, 0.25) is 0 Å². The number of imidazole rings is 1. The number of H-pyrrole nitrogens is 1. The van der Waals surface area contributed by atoms with Crippen LogP contribution in [0, 0.1) is 20.8 Å². The number of nitrogens with one attached hydrogen (secondary N) is 1. The van der Waals surface area contributed by atoms with Crippen molar-refractivity contribution in [2.45, 2.75) is 40.2 Å². The number of aryl methyl sites for hydroxylation is 4. The van der Waals surface area contributed by atoms with Crippen LogP contribution in [-0.4, -0.2) is 76.0 Å². The number of aromatic nitrogens is 2. The summed E-state index contributed by atoms with van der Waals surface area (Å²) in [5.74, 6) is 0.184. The molecule has 3 N–H and O–H groups in total. The van der Waals surface area contributed by atoms with Gasteiger partial charge in [-0.3, -0.25) is 14.4 Å². The molecule has 31 heavy (non-hydrogen) atoms. The molecule has 0 saturated heterocycles. The lowest BCUT2D eigenvalue weighted by Crippen LogP contribution is -2.36. The average molecular weight is 435 g/mol. The summed E-state index contributed by atoms with van der Waals surface area (Å²) in [5, 5.41) is 13.8. The number of carbonyl (C=O) groups excluding carboxylic acids is 1. The molecule has 9 heteroatoms. The topological polar surface area (TPSA) is 127 Å². The van der Waals surface area contributed by atoms with E-state index in [4.69, 9.17) is 19.8 Å². The molecule has 0 unspecified atom stereocenters. The van der Waals surface area contributed by atoms with Crippen molar-refractivity contribution >= 4 is 18.9 Å². The van der Waals surface area contributed by atoms with Crippen LogP contribution in [0.4, 0.5) is 0 Å². The summed E-state index contributed by atoms with van der Waals surface area (Å²) in [6, 6.07) is 6.43. The number of carbonyl (C=O) groups is 3. The molecule has 0 aliphatic heterocycles. The minimum absolute atomic E-state index is 0.184. The first-order valence-corrected chi connectivity index (χ1v) is 9.83. The largest absolute Gasteiger partial charge is 0.483 e. The number of benzene rings is 1. The summed E-state index contributed by atoms with van der Waals surface area (Å²) in [4.78, 5) is 41.0. The fraction of sp³-hybridized carbons (Fsp3) is 0.455. The average Bonchev–Trinajstić information content (AvgIpc) is 3.10. The van der Waals surface area contributed by atoms with Crippen LogP contribution in [0.3, 0.4) is 0 Å². The lowest BCUT2D eigenvalue weighted by molar-refractivity contribution is -0.132. The standard InChI is InChI=1S/C20H30N4O.2CH2O2/c1-15-6-7-18(16(2)12-15)8-9-20(25)24(11-10-23(4)5)13-19-17(3)21-14-22-19;2*2-1-3/h6-7,12,14H,8-11,13H2,1-5H3,(H,21,22);2*1H,(H,2,3). The van der Waals surface area contributed by atoms with Gasteiger partial charge in [-0.1, -0.05) is 23.8 Å². The maximum atomic E-state index is 12.8. The summed E-state index contributed by atoms with van der Waals surface area (Å²) in [6.45, 7) is 7.83. The summed E-state index contributed by atoms with van der Waals surface area (Å²) in [5.41, 5.74) is 5.74. The van der Waals surface area contributed by atoms with Crippen molar-refractivity contribution in [3.8, 4) is 0 Å². The minimum Gasteiger partial charge on any atom is -0.483 e. The van der Waals surface area contributed by atoms with Crippen molar-refractivity contribution in [1.82, 2.24) is 19.8 Å². The predicted molar refractivity (Wildman–Crippen MR) is 119 cm³/mol. The Morgan fingerprint density at radius 2 is 1.71 bits per heavy atom. The van der Waals surface area contributed by atoms with Crippen molar-refractivity contribution in [3.05, 3.63) is 52.6 Å². The van der Waals surface area contributed by atoms with Gasteiger partial charge in [0.05, 0.1) is 18.6 Å². The van der Waals surface area contributed by atoms with Crippen LogP contribution in [0.5, 0.6) is 0 Å². The third-order valence-corrected chi connectivity index (χ3v) is 4.55. The highest BCUT2D eigenvalue weighted by molar-refractivity contribution is 5.76. The molecular formula is C22H34N4O5. The Balaban J connectivity index is 0.00000134. The van der Waals surface area contributed by atoms with Gasteiger partial charge in [0, 0.05) is 25.2 Å². The second kappa shape index (κ2) is 15.6. The zero-order valence-corrected chi connectivity index (χ0v) is 19.0. The highest BCUT2D eigenvalue weighted by Gasteiger charge is 2.16. The van der Waals surface area contributed by atoms with Gasteiger partial charge in [0.2, 0.25) is 5.91 Å². The Morgan fingerprint density at radius 3 is 2.19 bits per heavy atom. The van der Waals surface area contributed by atoms with Gasteiger partial charge in [-0.15, -0.1) is 0 Å². The molecule has 0 aliphatic carbocycles. The minimum atomic E-state index is -0.250. The molecular weight excluding hydrogens is 400 g/mol. The number of carboxylic acid groups (broad SMARTS) is 2. The third kappa shape index (κ3) is 11.5. The van der Waals surface area contributed by atoms with Gasteiger partial charge >= 0.3 is 0 Å². The Labute approximate surface area is 183 Å². The van der Waals surface area contributed by atoms with Gasteiger partial charge in [0.15, 0.2) is 0 Å². The van der Waals surface area contributed by atoms with E-state index in [1.807, 2.05) is 25.9 Å². The molecule has 2 aromatic rings. The van der Waals surface area contributed by atoms with E-state index in [-0.39, 0.29) is 18.9 Å². The number of nitrogens with zero attached hydrogens (tertiary/aromatic N) is 3. The maximum Gasteiger partial charge on any atom is 0.290 e. The lowest BCUT2D eigenvalue weighted by Gasteiger charge is -2.24. The number of hydrogen-bond acceptors (Lipinski definition) is 5. The van der Waals surface area contributed by atoms with E-state index >= 15 is 0 Å². The quantitative estimate of drug-likeness (QED) is 0.544. The van der Waals surface area contributed by atoms with E-state index in [0.717, 1.165) is 24.4 Å². The van der Waals surface area contributed by atoms with E-state index in [1.165, 1.54) is 16.7 Å². The van der Waals surface area contributed by atoms with Crippen molar-refractivity contribution in [2.75, 3.05) is 27.2 Å². The number of likely N-dealkylation sites (N-methyl/N-ethyl adjacent to an activating group) is 1. The van der Waals surface area contributed by atoms with Gasteiger partial charge in [-0.05, 0) is 52.4 Å². The lowest BCUT2D eigenvalue weighted by atomic mass is 10.0. The maximum absolute atomic E-state index is 12.8. The number of amides is 1. The van der Waals surface area contributed by atoms with Gasteiger partial charge in [0.1, 0.15) is 0 Å². The van der Waals surface area contributed by atoms with Crippen molar-refractivity contribution in [1.29, 1.82) is 0 Å². The summed E-state index contributed by atoms with van der Waals surface area (Å²) >= 11 is 0. The number of hydrogen-bond donors (Lipinski definition) is 3. The fourth-order valence-corrected chi connectivity index (χ4v) is 2.87. The summed E-state index contributed by atoms with van der Waals surface area (Å²) < 4.78 is 0. The molecule has 0 bridgehead atoms. The molecule has 0 saturated carbocycles. The molecule has 0 aliphatic rings. The zero-order chi connectivity index (χ0) is 23.8. The monoisotopic (exact) mass is 434 g/mol. The van der Waals surface area contributed by atoms with Crippen molar-refractivity contribution in [3.63, 3.8) is 0 Å². The molecule has 2 rings (SSSR count). The smallest absolute Gasteiger partial charge is 0.290 e. The molecule has 1 heterocycles. The number of aromatic amines is 1. The van der Waals surface area contributed by atoms with Crippen LogP contribution >= 0.6 is 0 Å². The molecule has 1 aromatic heterocycles. The molecule has 0 spiro atoms. The Morgan fingerprint density at radius 1 is 1.10 bits per heavy atom. The Kier molecular flexibility index (Phi) is 14.0. The number of rotatable bonds is 8. The van der Waals surface area contributed by atoms with Crippen LogP contribution < -0.4 is 0 Å². The molecule has 9 nitrogen and oxygen atoms in total. The zero-order valence-electron chi connectivity index (χ0n) is 19.0. The van der Waals surface area contributed by atoms with Gasteiger partial charge < -0.3 is 25.0 Å². The highest BCUT2D eigenvalue weighted by atomic mass is 16.3. The molecule has 1 aromatic carbocycles. The van der Waals surface area contributed by atoms with Crippen LogP contribution in [0.25, 0.3) is 0 Å². The molecule has 172 valence electrons. The normalized spacial score (nSPS) is 9.74. The Bertz CT molecular complexity index is 799. The first-order chi connectivity index (χ1) is 14.7. The Hall–Kier alpha value is -3.20. The summed E-state index contributed by atoms with van der Waals surface area (Å²) in [6.07, 6.45) is 3.00. The second-order valence-electron chi connectivity index (χ2n) is 7.23. The van der Waals surface area contributed by atoms with E-state index in [2.05, 4.69) is 46.9 Å². The van der Waals surface area contributed by atoms with E-state index < -0.39 is 0 Å². The first kappa shape index (κ1) is 27.8. The summed E-state index contributed by atoms with van der Waals surface area (Å²) in [7, 11) is 4.05. The van der Waals surface area contributed by atoms with Crippen molar-refractivity contribution < 1.29 is 24.6 Å². The fourth-order valence-electron chi connectivity index (χ4n) is 2.87. The van der Waals surface area contributed by atoms with Crippen molar-refractivity contribution in [2.24, 2.45) is 0 Å². The van der Waals surface area contributed by atoms with Gasteiger partial charge in [-0.25, -0.2) is 4.98 Å². The van der Waals surface area contributed by atoms with E-state index in [1.54, 1.807) is 6.33 Å². The van der Waals surface area contributed by atoms with Crippen LogP contribution in [0.15, 0.2) is 24.5 Å². The van der Waals surface area contributed by atoms with Crippen LogP contribution in [-0.2, 0) is 27.3 Å². The molecule has 0 fully saturated rings. The second-order valence-corrected chi connectivity index (χ2v) is 7.23. The van der Waals surface area contributed by atoms with E-state index in [0.29, 0.717) is 19.5 Å². The van der Waals surface area contributed by atoms with Gasteiger partial charge in [0.25, 0.3) is 12.9 Å². The third-order valence-electron chi connectivity index (χ3n) is 4.55. The molecule has 0 atom stereocenters. The van der Waals surface area contributed by atoms with Crippen LogP contribution in [0.1, 0.15) is 34.5 Å². The predicted octanol–water partition coefficient (Wildman–Crippen LogP) is 2.26. The molecule has 1 amide bonds.